The fourth-order valence-electron chi connectivity index (χ4n) is 5.18. The van der Waals surface area contributed by atoms with Gasteiger partial charge in [-0.1, -0.05) is 61.4 Å². The first-order valence-electron chi connectivity index (χ1n) is 12.1. The highest BCUT2D eigenvalue weighted by atomic mass is 16.5. The summed E-state index contributed by atoms with van der Waals surface area (Å²) in [5.74, 6) is -1.41. The molecular formula is C27H30N2O5. The van der Waals surface area contributed by atoms with Crippen LogP contribution in [0.5, 0.6) is 0 Å². The Morgan fingerprint density at radius 2 is 1.62 bits per heavy atom. The van der Waals surface area contributed by atoms with Crippen LogP contribution in [0.4, 0.5) is 4.79 Å². The first-order valence-corrected chi connectivity index (χ1v) is 12.1. The lowest BCUT2D eigenvalue weighted by Gasteiger charge is -2.40. The number of nitrogens with one attached hydrogen (secondary N) is 2. The number of hydrogen-bond donors (Lipinski definition) is 3. The number of hydrogen-bond acceptors (Lipinski definition) is 4. The van der Waals surface area contributed by atoms with Gasteiger partial charge in [-0.3, -0.25) is 9.59 Å². The average Bonchev–Trinajstić information content (AvgIpc) is 3.58. The highest BCUT2D eigenvalue weighted by Crippen LogP contribution is 2.44. The number of carbonyl (C=O) groups is 3. The van der Waals surface area contributed by atoms with Crippen molar-refractivity contribution >= 4 is 18.0 Å². The number of benzene rings is 2. The van der Waals surface area contributed by atoms with Crippen molar-refractivity contribution < 1.29 is 24.2 Å². The number of fused-ring (bicyclic) bond motifs is 3. The molecule has 2 amide bonds. The molecule has 3 N–H and O–H groups in total. The number of carboxylic acids is 1. The standard InChI is InChI=1S/C27H30N2O5/c30-24(31)18(14-17-10-11-17)15-28-25(32)27(12-5-13-27)29-26(33)34-16-23-21-8-3-1-6-19(21)20-7-2-4-9-22(20)23/h1-4,6-9,17-18,23H,5,10-16H2,(H,28,32)(H,29,33)(H,30,31). The van der Waals surface area contributed by atoms with Crippen molar-refractivity contribution in [3.05, 3.63) is 59.7 Å². The molecule has 3 aliphatic carbocycles. The fourth-order valence-corrected chi connectivity index (χ4v) is 5.18. The highest BCUT2D eigenvalue weighted by molar-refractivity contribution is 5.91. The molecule has 7 nitrogen and oxygen atoms in total. The monoisotopic (exact) mass is 462 g/mol. The molecule has 0 aromatic heterocycles. The van der Waals surface area contributed by atoms with Crippen LogP contribution >= 0.6 is 0 Å². The van der Waals surface area contributed by atoms with E-state index in [0.29, 0.717) is 25.2 Å². The molecule has 2 aromatic rings. The number of carboxylic acid groups (broad SMARTS) is 1. The Hall–Kier alpha value is -3.35. The molecular weight excluding hydrogens is 432 g/mol. The largest absolute Gasteiger partial charge is 0.481 e. The molecule has 0 heterocycles. The molecule has 0 spiro atoms. The fraction of sp³-hybridized carbons (Fsp3) is 0.444. The molecule has 5 rings (SSSR count). The van der Waals surface area contributed by atoms with E-state index < -0.39 is 23.5 Å². The Bertz CT molecular complexity index is 1060. The van der Waals surface area contributed by atoms with Gasteiger partial charge in [0.1, 0.15) is 12.1 Å². The zero-order chi connectivity index (χ0) is 23.7. The van der Waals surface area contributed by atoms with E-state index in [2.05, 4.69) is 34.9 Å². The van der Waals surface area contributed by atoms with Crippen molar-refractivity contribution in [2.75, 3.05) is 13.2 Å². The summed E-state index contributed by atoms with van der Waals surface area (Å²) in [6.07, 6.45) is 3.94. The quantitative estimate of drug-likeness (QED) is 0.521. The summed E-state index contributed by atoms with van der Waals surface area (Å²) < 4.78 is 5.62. The molecule has 0 radical (unpaired) electrons. The van der Waals surface area contributed by atoms with Crippen LogP contribution in [0.15, 0.2) is 48.5 Å². The SMILES string of the molecule is O=C(NC1(C(=O)NCC(CC2CC2)C(=O)O)CCC1)OCC1c2ccccc2-c2ccccc21. The van der Waals surface area contributed by atoms with E-state index in [1.54, 1.807) is 0 Å². The van der Waals surface area contributed by atoms with Crippen molar-refractivity contribution in [2.45, 2.75) is 50.0 Å². The smallest absolute Gasteiger partial charge is 0.408 e. The van der Waals surface area contributed by atoms with Gasteiger partial charge in [0.25, 0.3) is 0 Å². The third-order valence-corrected chi connectivity index (χ3v) is 7.50. The number of amides is 2. The topological polar surface area (TPSA) is 105 Å². The van der Waals surface area contributed by atoms with Gasteiger partial charge in [0.2, 0.25) is 5.91 Å². The van der Waals surface area contributed by atoms with Gasteiger partial charge in [-0.15, -0.1) is 0 Å². The van der Waals surface area contributed by atoms with Crippen molar-refractivity contribution in [3.8, 4) is 11.1 Å². The van der Waals surface area contributed by atoms with Gasteiger partial charge in [-0.2, -0.15) is 0 Å². The Morgan fingerprint density at radius 3 is 2.15 bits per heavy atom. The molecule has 2 aromatic carbocycles. The Balaban J connectivity index is 1.19. The van der Waals surface area contributed by atoms with Crippen molar-refractivity contribution in [1.82, 2.24) is 10.6 Å². The lowest BCUT2D eigenvalue weighted by molar-refractivity contribution is -0.142. The summed E-state index contributed by atoms with van der Waals surface area (Å²) in [7, 11) is 0. The van der Waals surface area contributed by atoms with Gasteiger partial charge in [0.05, 0.1) is 5.92 Å². The van der Waals surface area contributed by atoms with Crippen LogP contribution in [-0.2, 0) is 14.3 Å². The molecule has 1 atom stereocenters. The second kappa shape index (κ2) is 9.12. The van der Waals surface area contributed by atoms with Gasteiger partial charge >= 0.3 is 12.1 Å². The summed E-state index contributed by atoms with van der Waals surface area (Å²) in [5, 5.41) is 15.0. The van der Waals surface area contributed by atoms with E-state index >= 15 is 0 Å². The Kier molecular flexibility index (Phi) is 6.02. The first kappa shape index (κ1) is 22.4. The predicted molar refractivity (Wildman–Crippen MR) is 126 cm³/mol. The van der Waals surface area contributed by atoms with Crippen LogP contribution in [0.1, 0.15) is 55.6 Å². The zero-order valence-corrected chi connectivity index (χ0v) is 19.1. The Labute approximate surface area is 198 Å². The van der Waals surface area contributed by atoms with E-state index in [1.807, 2.05) is 24.3 Å². The van der Waals surface area contributed by atoms with E-state index in [4.69, 9.17) is 4.74 Å². The van der Waals surface area contributed by atoms with Gasteiger partial charge in [-0.05, 0) is 53.9 Å². The molecule has 0 saturated heterocycles. The van der Waals surface area contributed by atoms with Gasteiger partial charge in [0, 0.05) is 12.5 Å². The third kappa shape index (κ3) is 4.39. The lowest BCUT2D eigenvalue weighted by Crippen LogP contribution is -2.63. The van der Waals surface area contributed by atoms with Crippen molar-refractivity contribution in [3.63, 3.8) is 0 Å². The van der Waals surface area contributed by atoms with Crippen LogP contribution in [0, 0.1) is 11.8 Å². The normalized spacial score (nSPS) is 18.7. The lowest BCUT2D eigenvalue weighted by atomic mass is 9.76. The number of rotatable bonds is 9. The van der Waals surface area contributed by atoms with E-state index in [9.17, 15) is 19.5 Å². The molecule has 1 unspecified atom stereocenters. The third-order valence-electron chi connectivity index (χ3n) is 7.50. The maximum atomic E-state index is 12.9. The van der Waals surface area contributed by atoms with Crippen molar-refractivity contribution in [1.29, 1.82) is 0 Å². The van der Waals surface area contributed by atoms with E-state index in [-0.39, 0.29) is 25.0 Å². The minimum atomic E-state index is -1.02. The van der Waals surface area contributed by atoms with Crippen LogP contribution in [0.2, 0.25) is 0 Å². The molecule has 0 aliphatic heterocycles. The minimum Gasteiger partial charge on any atom is -0.481 e. The Morgan fingerprint density at radius 1 is 1.00 bits per heavy atom. The van der Waals surface area contributed by atoms with Gasteiger partial charge in [-0.25, -0.2) is 4.79 Å². The van der Waals surface area contributed by atoms with Gasteiger partial charge in [0.15, 0.2) is 0 Å². The van der Waals surface area contributed by atoms with Crippen LogP contribution in [-0.4, -0.2) is 41.8 Å². The minimum absolute atomic E-state index is 0.0527. The highest BCUT2D eigenvalue weighted by Gasteiger charge is 2.46. The maximum absolute atomic E-state index is 12.9. The second-order valence-electron chi connectivity index (χ2n) is 9.81. The first-order chi connectivity index (χ1) is 16.5. The second-order valence-corrected chi connectivity index (χ2v) is 9.81. The van der Waals surface area contributed by atoms with Crippen LogP contribution < -0.4 is 10.6 Å². The zero-order valence-electron chi connectivity index (χ0n) is 19.1. The van der Waals surface area contributed by atoms with E-state index in [1.165, 1.54) is 0 Å². The molecule has 2 fully saturated rings. The number of ether oxygens (including phenoxy) is 1. The molecule has 34 heavy (non-hydrogen) atoms. The molecule has 3 aliphatic rings. The average molecular weight is 463 g/mol. The van der Waals surface area contributed by atoms with Crippen LogP contribution in [0.3, 0.4) is 0 Å². The summed E-state index contributed by atoms with van der Waals surface area (Å²) in [5.41, 5.74) is 3.54. The molecule has 0 bridgehead atoms. The summed E-state index contributed by atoms with van der Waals surface area (Å²) in [6, 6.07) is 16.3. The van der Waals surface area contributed by atoms with Crippen LogP contribution in [0.25, 0.3) is 11.1 Å². The molecule has 2 saturated carbocycles. The molecule has 178 valence electrons. The summed E-state index contributed by atoms with van der Waals surface area (Å²) in [4.78, 5) is 37.2. The summed E-state index contributed by atoms with van der Waals surface area (Å²) in [6.45, 7) is 0.263. The van der Waals surface area contributed by atoms with E-state index in [0.717, 1.165) is 41.5 Å². The number of aliphatic carboxylic acids is 1. The van der Waals surface area contributed by atoms with Gasteiger partial charge < -0.3 is 20.5 Å². The van der Waals surface area contributed by atoms with Crippen molar-refractivity contribution in [2.24, 2.45) is 11.8 Å². The maximum Gasteiger partial charge on any atom is 0.408 e. The molecule has 7 heteroatoms. The predicted octanol–water partition coefficient (Wildman–Crippen LogP) is 4.06. The number of carbonyl (C=O) groups excluding carboxylic acids is 2. The number of alkyl carbamates (subject to hydrolysis) is 1. The summed E-state index contributed by atoms with van der Waals surface area (Å²) >= 11 is 0.